The molecule has 1 aromatic heterocycles. The van der Waals surface area contributed by atoms with Gasteiger partial charge in [-0.2, -0.15) is 0 Å². The van der Waals surface area contributed by atoms with Crippen LogP contribution < -0.4 is 5.73 Å². The maximum absolute atomic E-state index is 10.1. The third-order valence-corrected chi connectivity index (χ3v) is 3.01. The van der Waals surface area contributed by atoms with Crippen LogP contribution in [0.5, 0.6) is 0 Å². The van der Waals surface area contributed by atoms with Crippen LogP contribution in [-0.2, 0) is 6.42 Å². The number of rotatable bonds is 0. The number of pyridine rings is 1. The highest BCUT2D eigenvalue weighted by Gasteiger charge is 2.23. The Morgan fingerprint density at radius 2 is 2.18 bits per heavy atom. The summed E-state index contributed by atoms with van der Waals surface area (Å²) in [6.45, 7) is 0. The molecule has 0 fully saturated rings. The number of hydrogen-bond donors (Lipinski definition) is 2. The van der Waals surface area contributed by atoms with E-state index in [9.17, 15) is 5.11 Å². The molecule has 1 aliphatic carbocycles. The maximum Gasteiger partial charge on any atom is 0.0828 e. The Morgan fingerprint density at radius 1 is 1.41 bits per heavy atom. The lowest BCUT2D eigenvalue weighted by Gasteiger charge is -2.23. The van der Waals surface area contributed by atoms with E-state index in [4.69, 9.17) is 11.2 Å². The number of benzene rings is 1. The highest BCUT2D eigenvalue weighted by molar-refractivity contribution is 5.92. The first-order valence-electron chi connectivity index (χ1n) is 7.29. The molecule has 0 spiro atoms. The Labute approximate surface area is 112 Å². The summed E-state index contributed by atoms with van der Waals surface area (Å²) in [5.74, 6) is 0. The minimum atomic E-state index is -0.714. The van der Waals surface area contributed by atoms with Gasteiger partial charge in [-0.3, -0.25) is 4.98 Å². The molecule has 2 aromatic rings. The summed E-state index contributed by atoms with van der Waals surface area (Å²) >= 11 is 0. The van der Waals surface area contributed by atoms with Gasteiger partial charge in [0.25, 0.3) is 0 Å². The summed E-state index contributed by atoms with van der Waals surface area (Å²) in [5.41, 5.74) is 7.64. The molecular weight excluding hydrogens is 236 g/mol. The highest BCUT2D eigenvalue weighted by Crippen LogP contribution is 2.36. The molecule has 0 bridgehead atoms. The number of nitrogens with two attached hydrogens (primary N) is 1. The van der Waals surface area contributed by atoms with Gasteiger partial charge in [0.05, 0.1) is 17.1 Å². The van der Waals surface area contributed by atoms with Crippen molar-refractivity contribution in [3.8, 4) is 0 Å². The minimum Gasteiger partial charge on any atom is -0.398 e. The van der Waals surface area contributed by atoms with Gasteiger partial charge in [0.1, 0.15) is 0 Å². The second-order valence-corrected chi connectivity index (χ2v) is 4.02. The average Bonchev–Trinajstić information content (AvgIpc) is 2.42. The van der Waals surface area contributed by atoms with Crippen LogP contribution in [0.1, 0.15) is 35.7 Å². The molecule has 0 aliphatic heterocycles. The number of nitrogens with zero attached hydrogens (tertiary/aromatic N) is 1. The van der Waals surface area contributed by atoms with E-state index in [1.807, 2.05) is 0 Å². The predicted molar refractivity (Wildman–Crippen MR) is 71.3 cm³/mol. The summed E-state index contributed by atoms with van der Waals surface area (Å²) in [6.07, 6.45) is 1.33. The molecule has 3 nitrogen and oxygen atoms in total. The zero-order valence-corrected chi connectivity index (χ0v) is 9.90. The van der Waals surface area contributed by atoms with Crippen molar-refractivity contribution in [3.63, 3.8) is 0 Å². The average molecular weight is 255 g/mol. The Balaban J connectivity index is 0.00000161. The fourth-order valence-corrected chi connectivity index (χ4v) is 2.24. The van der Waals surface area contributed by atoms with Gasteiger partial charge in [0.2, 0.25) is 0 Å². The van der Waals surface area contributed by atoms with Gasteiger partial charge < -0.3 is 10.8 Å². The van der Waals surface area contributed by atoms with Crippen LogP contribution in [0.4, 0.5) is 5.69 Å². The van der Waals surface area contributed by atoms with Gasteiger partial charge in [0.15, 0.2) is 0 Å². The lowest BCUT2D eigenvalue weighted by Crippen LogP contribution is -2.14. The number of para-hydroxylation sites is 1. The Bertz CT molecular complexity index is 738. The lowest BCUT2D eigenvalue weighted by molar-refractivity contribution is 0.156. The number of aliphatic hydroxyl groups is 1. The molecule has 1 atom stereocenters. The molecule has 1 heterocycles. The van der Waals surface area contributed by atoms with Crippen LogP contribution in [-0.4, -0.2) is 10.1 Å². The summed E-state index contributed by atoms with van der Waals surface area (Å²) in [6, 6.07) is -1.03. The number of fused-ring (bicyclic) bond motifs is 2. The number of aryl methyl sites for hydroxylation is 1. The number of anilines is 1. The fourth-order valence-electron chi connectivity index (χ4n) is 2.24. The van der Waals surface area contributed by atoms with E-state index >= 15 is 0 Å². The molecule has 3 rings (SSSR count). The van der Waals surface area contributed by atoms with Crippen LogP contribution in [0.3, 0.4) is 0 Å². The molecule has 0 saturated carbocycles. The van der Waals surface area contributed by atoms with Crippen LogP contribution in [0, 0.1) is 0 Å². The van der Waals surface area contributed by atoms with Gasteiger partial charge in [-0.25, -0.2) is 0 Å². The largest absolute Gasteiger partial charge is 0.398 e. The Kier molecular flexibility index (Phi) is 2.10. The van der Waals surface area contributed by atoms with Crippen molar-refractivity contribution in [2.24, 2.45) is 0 Å². The van der Waals surface area contributed by atoms with Crippen molar-refractivity contribution in [1.82, 2.24) is 4.98 Å². The summed E-state index contributed by atoms with van der Waals surface area (Å²) in [5, 5.41) is 10.3. The number of halogens is 1. The van der Waals surface area contributed by atoms with Crippen molar-refractivity contribution in [2.75, 3.05) is 5.73 Å². The number of hydrogen-bond acceptors (Lipinski definition) is 3. The molecular formula is C13H15ClN2O. The first-order valence-corrected chi connectivity index (χ1v) is 5.29. The molecule has 0 radical (unpaired) electrons. The normalized spacial score (nSPS) is 21.8. The van der Waals surface area contributed by atoms with Gasteiger partial charge in [-0.15, -0.1) is 12.4 Å². The predicted octanol–water partition coefficient (Wildman–Crippen LogP) is 2.61. The second-order valence-electron chi connectivity index (χ2n) is 4.02. The SMILES string of the molecule is Cl.[2H]c1c([2H])c([2H])c2c(N)c3c(nc2c1[2H])CCCC3O. The van der Waals surface area contributed by atoms with Crippen molar-refractivity contribution in [1.29, 1.82) is 0 Å². The van der Waals surface area contributed by atoms with E-state index in [0.717, 1.165) is 6.42 Å². The van der Waals surface area contributed by atoms with Gasteiger partial charge in [-0.05, 0) is 25.3 Å². The molecule has 1 aromatic carbocycles. The van der Waals surface area contributed by atoms with E-state index in [-0.39, 0.29) is 53.2 Å². The van der Waals surface area contributed by atoms with E-state index in [0.29, 0.717) is 24.1 Å². The topological polar surface area (TPSA) is 59.1 Å². The zero-order chi connectivity index (χ0) is 14.6. The van der Waals surface area contributed by atoms with Gasteiger partial charge >= 0.3 is 0 Å². The number of nitrogen functional groups attached to an aromatic ring is 1. The van der Waals surface area contributed by atoms with Crippen LogP contribution >= 0.6 is 12.4 Å². The molecule has 17 heavy (non-hydrogen) atoms. The molecule has 90 valence electrons. The quantitative estimate of drug-likeness (QED) is 0.760. The smallest absolute Gasteiger partial charge is 0.0828 e. The van der Waals surface area contributed by atoms with Crippen LogP contribution in [0.15, 0.2) is 24.2 Å². The molecule has 4 heteroatoms. The molecule has 1 unspecified atom stereocenters. The third kappa shape index (κ3) is 1.85. The van der Waals surface area contributed by atoms with E-state index < -0.39 is 6.10 Å². The molecule has 3 N–H and O–H groups in total. The third-order valence-electron chi connectivity index (χ3n) is 3.01. The van der Waals surface area contributed by atoms with Crippen molar-refractivity contribution >= 4 is 29.0 Å². The van der Waals surface area contributed by atoms with Gasteiger partial charge in [0, 0.05) is 22.3 Å². The van der Waals surface area contributed by atoms with E-state index in [2.05, 4.69) is 4.98 Å². The van der Waals surface area contributed by atoms with E-state index in [1.165, 1.54) is 0 Å². The standard InChI is InChI=1S/C13H14N2O.ClH/c14-13-8-4-1-2-5-9(8)15-10-6-3-7-11(16)12(10)13;/h1-2,4-5,11,16H,3,6-7H2,(H2,14,15);1H/i1D,2D,4D,5D;. The van der Waals surface area contributed by atoms with Gasteiger partial charge in [-0.1, -0.05) is 18.1 Å². The minimum absolute atomic E-state index is 0. The first-order chi connectivity index (χ1) is 9.43. The number of aromatic nitrogens is 1. The molecule has 0 amide bonds. The second kappa shape index (κ2) is 4.51. The van der Waals surface area contributed by atoms with E-state index in [1.54, 1.807) is 0 Å². The Hall–Kier alpha value is -1.32. The van der Waals surface area contributed by atoms with Crippen LogP contribution in [0.25, 0.3) is 10.9 Å². The Morgan fingerprint density at radius 3 is 3.00 bits per heavy atom. The monoisotopic (exact) mass is 254 g/mol. The number of aliphatic hydroxyl groups excluding tert-OH is 1. The van der Waals surface area contributed by atoms with Crippen molar-refractivity contribution < 1.29 is 10.6 Å². The summed E-state index contributed by atoms with van der Waals surface area (Å²) in [4.78, 5) is 4.34. The van der Waals surface area contributed by atoms with Crippen molar-refractivity contribution in [3.05, 3.63) is 35.4 Å². The summed E-state index contributed by atoms with van der Waals surface area (Å²) in [7, 11) is 0. The van der Waals surface area contributed by atoms with Crippen molar-refractivity contribution in [2.45, 2.75) is 25.4 Å². The summed E-state index contributed by atoms with van der Waals surface area (Å²) < 4.78 is 31.3. The molecule has 1 aliphatic rings. The zero-order valence-electron chi connectivity index (χ0n) is 13.1. The lowest BCUT2D eigenvalue weighted by atomic mass is 9.90. The fraction of sp³-hybridized carbons (Fsp3) is 0.308. The maximum atomic E-state index is 10.1. The molecule has 0 saturated heterocycles. The highest BCUT2D eigenvalue weighted by atomic mass is 35.5. The first kappa shape index (κ1) is 7.90. The van der Waals surface area contributed by atoms with Crippen LogP contribution in [0.2, 0.25) is 0 Å².